The molecule has 0 heterocycles. The molecular weight excluding hydrogens is 250 g/mol. The molecule has 7 heteroatoms. The molecule has 0 aromatic carbocycles. The Balaban J connectivity index is -0.00000162. The van der Waals surface area contributed by atoms with Crippen LogP contribution in [0.4, 0.5) is 4.79 Å². The molecule has 0 aliphatic heterocycles. The number of amides is 3. The first kappa shape index (κ1) is 17.2. The fourth-order valence-corrected chi connectivity index (χ4v) is 1.44. The quantitative estimate of drug-likeness (QED) is 0.552. The number of carboxylic acid groups (broad SMARTS) is 1. The van der Waals surface area contributed by atoms with Gasteiger partial charge < -0.3 is 21.1 Å². The van der Waals surface area contributed by atoms with E-state index in [1.54, 1.807) is 20.8 Å². The van der Waals surface area contributed by atoms with E-state index in [9.17, 15) is 14.4 Å². The molecule has 0 radical (unpaired) electrons. The van der Waals surface area contributed by atoms with Crippen molar-refractivity contribution >= 4 is 17.9 Å². The monoisotopic (exact) mass is 277 g/mol. The molecule has 0 fully saturated rings. The Morgan fingerprint density at radius 3 is 2.11 bits per heavy atom. The molecule has 0 bridgehead atoms. The third-order valence-electron chi connectivity index (χ3n) is 2.53. The smallest absolute Gasteiger partial charge is 0.405 e. The van der Waals surface area contributed by atoms with E-state index >= 15 is 0 Å². The first-order valence-electron chi connectivity index (χ1n) is 6.37. The second-order valence-corrected chi connectivity index (χ2v) is 4.69. The molecule has 0 aliphatic carbocycles. The van der Waals surface area contributed by atoms with Crippen molar-refractivity contribution in [3.63, 3.8) is 0 Å². The van der Waals surface area contributed by atoms with Gasteiger partial charge in [-0.2, -0.15) is 0 Å². The Kier molecular flexibility index (Phi) is 7.55. The third kappa shape index (κ3) is 6.64. The first-order chi connectivity index (χ1) is 8.79. The summed E-state index contributed by atoms with van der Waals surface area (Å²) in [5.74, 6) is -0.994. The lowest BCUT2D eigenvalue weighted by Gasteiger charge is -2.22. The van der Waals surface area contributed by atoms with Gasteiger partial charge in [0.25, 0.3) is 0 Å². The number of hydrogen-bond donors (Lipinski definition) is 4. The normalized spacial score (nSPS) is 13.5. The summed E-state index contributed by atoms with van der Waals surface area (Å²) in [6.07, 6.45) is -0.460. The van der Waals surface area contributed by atoms with Crippen LogP contribution in [0.2, 0.25) is 0 Å². The van der Waals surface area contributed by atoms with E-state index in [1.807, 2.05) is 6.92 Å². The predicted octanol–water partition coefficient (Wildman–Crippen LogP) is 0.802. The van der Waals surface area contributed by atoms with Gasteiger partial charge in [0.2, 0.25) is 11.8 Å². The van der Waals surface area contributed by atoms with Crippen molar-refractivity contribution in [1.29, 1.82) is 0 Å². The maximum absolute atomic E-state index is 11.9. The van der Waals surface area contributed by atoms with Gasteiger partial charge in [-0.25, -0.2) is 4.79 Å². The molecule has 19 heavy (non-hydrogen) atoms. The largest absolute Gasteiger partial charge is 0.465 e. The van der Waals surface area contributed by atoms with Crippen LogP contribution >= 0.6 is 0 Å². The summed E-state index contributed by atoms with van der Waals surface area (Å²) < 4.78 is 0. The molecule has 0 saturated heterocycles. The number of carbonyl (C=O) groups is 3. The number of rotatable bonds is 7. The summed E-state index contributed by atoms with van der Waals surface area (Å²) in [6, 6.07) is -1.57. The Morgan fingerprint density at radius 2 is 1.68 bits per heavy atom. The van der Waals surface area contributed by atoms with Crippen molar-refractivity contribution in [2.24, 2.45) is 5.92 Å². The highest BCUT2D eigenvalue weighted by Gasteiger charge is 2.26. The zero-order chi connectivity index (χ0) is 15.0. The second kappa shape index (κ2) is 8.34. The van der Waals surface area contributed by atoms with Crippen LogP contribution in [-0.2, 0) is 9.59 Å². The third-order valence-corrected chi connectivity index (χ3v) is 2.53. The predicted molar refractivity (Wildman–Crippen MR) is 74.9 cm³/mol. The van der Waals surface area contributed by atoms with Crippen LogP contribution < -0.4 is 16.0 Å². The zero-order valence-electron chi connectivity index (χ0n) is 11.8. The van der Waals surface area contributed by atoms with Gasteiger partial charge in [0.1, 0.15) is 12.1 Å². The first-order valence-corrected chi connectivity index (χ1v) is 6.37. The molecule has 4 N–H and O–H groups in total. The Bertz CT molecular complexity index is 340. The van der Waals surface area contributed by atoms with Crippen LogP contribution in [0.1, 0.15) is 37.0 Å². The van der Waals surface area contributed by atoms with E-state index in [0.717, 1.165) is 6.42 Å². The Labute approximate surface area is 116 Å². The molecule has 114 valence electrons. The fraction of sp³-hybridized carbons (Fsp3) is 0.750. The van der Waals surface area contributed by atoms with Crippen LogP contribution in [0.15, 0.2) is 0 Å². The number of nitrogens with one attached hydrogen (secondary N) is 3. The lowest BCUT2D eigenvalue weighted by Crippen LogP contribution is -2.54. The molecule has 2 atom stereocenters. The van der Waals surface area contributed by atoms with E-state index in [-0.39, 0.29) is 14.7 Å². The van der Waals surface area contributed by atoms with Gasteiger partial charge in [-0.1, -0.05) is 20.8 Å². The average Bonchev–Trinajstić information content (AvgIpc) is 2.31. The van der Waals surface area contributed by atoms with Crippen LogP contribution in [0, 0.1) is 5.92 Å². The molecule has 0 saturated carbocycles. The van der Waals surface area contributed by atoms with Crippen molar-refractivity contribution in [2.45, 2.75) is 46.2 Å². The van der Waals surface area contributed by atoms with Crippen molar-refractivity contribution in [1.82, 2.24) is 16.0 Å². The summed E-state index contributed by atoms with van der Waals surface area (Å²) in [7, 11) is 0. The standard InChI is InChI=1S/C12H23N3O4.2H2/c1-5-6-13-10(16)8(4)14-11(17)9(7(2)3)15-12(18)19;;/h7-9,15H,5-6H2,1-4H3,(H,13,16)(H,14,17)(H,18,19);2*1H/t8-,9-;;/m0../s1. The van der Waals surface area contributed by atoms with Gasteiger partial charge >= 0.3 is 6.09 Å². The maximum atomic E-state index is 11.9. The lowest BCUT2D eigenvalue weighted by molar-refractivity contribution is -0.130. The molecule has 0 aliphatic rings. The minimum atomic E-state index is -1.27. The van der Waals surface area contributed by atoms with Gasteiger partial charge in [-0.15, -0.1) is 0 Å². The van der Waals surface area contributed by atoms with Gasteiger partial charge in [-0.3, -0.25) is 9.59 Å². The maximum Gasteiger partial charge on any atom is 0.405 e. The van der Waals surface area contributed by atoms with Crippen LogP contribution in [0.3, 0.4) is 0 Å². The van der Waals surface area contributed by atoms with Crippen LogP contribution in [0.5, 0.6) is 0 Å². The molecule has 0 aromatic rings. The summed E-state index contributed by atoms with van der Waals surface area (Å²) >= 11 is 0. The van der Waals surface area contributed by atoms with E-state index < -0.39 is 24.1 Å². The average molecular weight is 277 g/mol. The molecule has 0 spiro atoms. The van der Waals surface area contributed by atoms with E-state index in [4.69, 9.17) is 5.11 Å². The van der Waals surface area contributed by atoms with Crippen molar-refractivity contribution in [3.8, 4) is 0 Å². The zero-order valence-corrected chi connectivity index (χ0v) is 11.8. The van der Waals surface area contributed by atoms with Gasteiger partial charge in [0, 0.05) is 9.40 Å². The molecule has 0 unspecified atom stereocenters. The fourth-order valence-electron chi connectivity index (χ4n) is 1.44. The highest BCUT2D eigenvalue weighted by atomic mass is 16.4. The van der Waals surface area contributed by atoms with E-state index in [2.05, 4.69) is 16.0 Å². The SMILES string of the molecule is CCCNC(=O)[C@H](C)NC(=O)[C@@H](NC(=O)O)C(C)C.[HH].[HH]. The second-order valence-electron chi connectivity index (χ2n) is 4.69. The summed E-state index contributed by atoms with van der Waals surface area (Å²) in [5.41, 5.74) is 0. The van der Waals surface area contributed by atoms with Gasteiger partial charge in [0.05, 0.1) is 0 Å². The Morgan fingerprint density at radius 1 is 1.11 bits per heavy atom. The van der Waals surface area contributed by atoms with Crippen molar-refractivity contribution < 1.29 is 22.3 Å². The van der Waals surface area contributed by atoms with Gasteiger partial charge in [-0.05, 0) is 19.3 Å². The van der Waals surface area contributed by atoms with E-state index in [1.165, 1.54) is 0 Å². The lowest BCUT2D eigenvalue weighted by atomic mass is 10.0. The highest BCUT2D eigenvalue weighted by Crippen LogP contribution is 2.02. The summed E-state index contributed by atoms with van der Waals surface area (Å²) in [6.45, 7) is 7.47. The molecular formula is C12H27N3O4. The highest BCUT2D eigenvalue weighted by molar-refractivity contribution is 5.91. The number of hydrogen-bond acceptors (Lipinski definition) is 3. The van der Waals surface area contributed by atoms with Crippen LogP contribution in [-0.4, -0.2) is 41.6 Å². The summed E-state index contributed by atoms with van der Waals surface area (Å²) in [4.78, 5) is 34.1. The topological polar surface area (TPSA) is 108 Å². The van der Waals surface area contributed by atoms with Crippen LogP contribution in [0.25, 0.3) is 0 Å². The minimum Gasteiger partial charge on any atom is -0.465 e. The number of carbonyl (C=O) groups excluding carboxylic acids is 2. The van der Waals surface area contributed by atoms with E-state index in [0.29, 0.717) is 6.54 Å². The molecule has 7 nitrogen and oxygen atoms in total. The molecule has 0 aromatic heterocycles. The van der Waals surface area contributed by atoms with Gasteiger partial charge in [0.15, 0.2) is 0 Å². The minimum absolute atomic E-state index is 0. The van der Waals surface area contributed by atoms with Crippen molar-refractivity contribution in [2.75, 3.05) is 6.54 Å². The molecule has 3 amide bonds. The Hall–Kier alpha value is -1.79. The summed E-state index contributed by atoms with van der Waals surface area (Å²) in [5, 5.41) is 16.0. The molecule has 0 rings (SSSR count). The van der Waals surface area contributed by atoms with Crippen molar-refractivity contribution in [3.05, 3.63) is 0 Å².